The molecule has 1 aromatic carbocycles. The Balaban J connectivity index is 2.05. The lowest BCUT2D eigenvalue weighted by atomic mass is 9.78. The number of rotatable bonds is 4. The fraction of sp³-hybridized carbons (Fsp3) is 0.524. The van der Waals surface area contributed by atoms with Crippen LogP contribution in [0.2, 0.25) is 0 Å². The quantitative estimate of drug-likeness (QED) is 0.713. The lowest BCUT2D eigenvalue weighted by Crippen LogP contribution is -2.35. The molecule has 0 aromatic heterocycles. The molecule has 1 N–H and O–H groups in total. The number of aromatic hydroxyl groups is 1. The van der Waals surface area contributed by atoms with Gasteiger partial charge in [0.2, 0.25) is 0 Å². The van der Waals surface area contributed by atoms with Crippen molar-refractivity contribution in [3.05, 3.63) is 40.5 Å². The summed E-state index contributed by atoms with van der Waals surface area (Å²) in [4.78, 5) is 0. The summed E-state index contributed by atoms with van der Waals surface area (Å²) >= 11 is 0. The van der Waals surface area contributed by atoms with Crippen LogP contribution in [0.25, 0.3) is 5.57 Å². The maximum Gasteiger partial charge on any atom is 0.132 e. The highest BCUT2D eigenvalue weighted by Gasteiger charge is 2.36. The number of aryl methyl sites for hydroxylation is 1. The molecule has 1 heterocycles. The fourth-order valence-electron chi connectivity index (χ4n) is 3.78. The number of hydrogen-bond donors (Lipinski definition) is 1. The van der Waals surface area contributed by atoms with Crippen LogP contribution in [-0.4, -0.2) is 10.7 Å². The van der Waals surface area contributed by atoms with Gasteiger partial charge in [0.1, 0.15) is 17.1 Å². The lowest BCUT2D eigenvalue weighted by molar-refractivity contribution is 0.139. The predicted octanol–water partition coefficient (Wildman–Crippen LogP) is 5.79. The van der Waals surface area contributed by atoms with Crippen LogP contribution >= 0.6 is 0 Å². The van der Waals surface area contributed by atoms with E-state index >= 15 is 0 Å². The third-order valence-electron chi connectivity index (χ3n) is 5.06. The molecule has 1 aromatic rings. The van der Waals surface area contributed by atoms with Crippen molar-refractivity contribution in [1.29, 1.82) is 0 Å². The van der Waals surface area contributed by atoms with Crippen molar-refractivity contribution in [3.8, 4) is 11.5 Å². The van der Waals surface area contributed by atoms with Crippen LogP contribution < -0.4 is 4.74 Å². The minimum Gasteiger partial charge on any atom is -0.507 e. The van der Waals surface area contributed by atoms with Gasteiger partial charge in [0.25, 0.3) is 0 Å². The summed E-state index contributed by atoms with van der Waals surface area (Å²) in [6, 6.07) is 4.06. The fourth-order valence-corrected chi connectivity index (χ4v) is 3.78. The summed E-state index contributed by atoms with van der Waals surface area (Å²) in [5.41, 5.74) is 5.62. The average Bonchev–Trinajstić information content (AvgIpc) is 2.46. The van der Waals surface area contributed by atoms with Gasteiger partial charge in [-0.15, -0.1) is 0 Å². The molecule has 2 heteroatoms. The Morgan fingerprint density at radius 2 is 1.96 bits per heavy atom. The van der Waals surface area contributed by atoms with Crippen LogP contribution in [0.1, 0.15) is 70.9 Å². The zero-order chi connectivity index (χ0) is 16.6. The SMILES string of the molecule is CCCCCc1cc(O)c2c(c1)OC(C)(C)C1=C2C=C(C)CC1. The Morgan fingerprint density at radius 1 is 1.17 bits per heavy atom. The summed E-state index contributed by atoms with van der Waals surface area (Å²) in [6.07, 6.45) is 8.92. The number of benzene rings is 1. The largest absolute Gasteiger partial charge is 0.507 e. The van der Waals surface area contributed by atoms with Crippen LogP contribution in [0.4, 0.5) is 0 Å². The molecule has 0 saturated heterocycles. The molecule has 0 atom stereocenters. The molecule has 0 amide bonds. The van der Waals surface area contributed by atoms with E-state index < -0.39 is 0 Å². The first-order valence-corrected chi connectivity index (χ1v) is 8.88. The standard InChI is InChI=1S/C21H28O2/c1-5-6-7-8-15-12-18(22)20-16-11-14(2)9-10-17(16)21(3,4)23-19(20)13-15/h11-13,22H,5-10H2,1-4H3. The van der Waals surface area contributed by atoms with Gasteiger partial charge in [-0.25, -0.2) is 0 Å². The van der Waals surface area contributed by atoms with Crippen LogP contribution in [0.3, 0.4) is 0 Å². The zero-order valence-electron chi connectivity index (χ0n) is 14.8. The molecule has 1 aliphatic carbocycles. The van der Waals surface area contributed by atoms with E-state index in [1.54, 1.807) is 0 Å². The van der Waals surface area contributed by atoms with Crippen molar-refractivity contribution in [2.45, 2.75) is 71.8 Å². The molecule has 0 saturated carbocycles. The van der Waals surface area contributed by atoms with Crippen molar-refractivity contribution in [2.75, 3.05) is 0 Å². The van der Waals surface area contributed by atoms with Gasteiger partial charge in [0, 0.05) is 0 Å². The molecule has 0 bridgehead atoms. The summed E-state index contributed by atoms with van der Waals surface area (Å²) in [5.74, 6) is 1.20. The number of unbranched alkanes of at least 4 members (excludes halogenated alkanes) is 2. The van der Waals surface area contributed by atoms with E-state index in [0.29, 0.717) is 5.75 Å². The first-order chi connectivity index (χ1) is 10.9. The van der Waals surface area contributed by atoms with Crippen molar-refractivity contribution >= 4 is 5.57 Å². The molecular formula is C21H28O2. The smallest absolute Gasteiger partial charge is 0.132 e. The van der Waals surface area contributed by atoms with Gasteiger partial charge < -0.3 is 9.84 Å². The van der Waals surface area contributed by atoms with Gasteiger partial charge in [-0.2, -0.15) is 0 Å². The maximum absolute atomic E-state index is 10.6. The Morgan fingerprint density at radius 3 is 2.70 bits per heavy atom. The molecule has 2 nitrogen and oxygen atoms in total. The van der Waals surface area contributed by atoms with E-state index in [1.807, 2.05) is 6.07 Å². The first-order valence-electron chi connectivity index (χ1n) is 8.88. The molecule has 1 aliphatic heterocycles. The van der Waals surface area contributed by atoms with E-state index in [-0.39, 0.29) is 5.60 Å². The zero-order valence-corrected chi connectivity index (χ0v) is 14.8. The number of phenolic OH excluding ortho intramolecular Hbond substituents is 1. The maximum atomic E-state index is 10.6. The molecule has 23 heavy (non-hydrogen) atoms. The molecule has 2 aliphatic rings. The second kappa shape index (κ2) is 6.07. The van der Waals surface area contributed by atoms with Gasteiger partial charge in [0.05, 0.1) is 5.56 Å². The van der Waals surface area contributed by atoms with Crippen molar-refractivity contribution in [3.63, 3.8) is 0 Å². The highest BCUT2D eigenvalue weighted by atomic mass is 16.5. The number of ether oxygens (including phenoxy) is 1. The monoisotopic (exact) mass is 312 g/mol. The Kier molecular flexibility index (Phi) is 4.27. The number of allylic oxidation sites excluding steroid dienone is 3. The first kappa shape index (κ1) is 16.2. The Hall–Kier alpha value is -1.70. The van der Waals surface area contributed by atoms with Gasteiger partial charge in [-0.1, -0.05) is 31.4 Å². The van der Waals surface area contributed by atoms with Crippen LogP contribution in [0.5, 0.6) is 11.5 Å². The molecule has 3 rings (SSSR count). The van der Waals surface area contributed by atoms with Crippen molar-refractivity contribution in [2.24, 2.45) is 0 Å². The topological polar surface area (TPSA) is 29.5 Å². The van der Waals surface area contributed by atoms with E-state index in [9.17, 15) is 5.11 Å². The summed E-state index contributed by atoms with van der Waals surface area (Å²) in [5, 5.41) is 10.6. The molecule has 124 valence electrons. The van der Waals surface area contributed by atoms with E-state index in [1.165, 1.54) is 35.1 Å². The van der Waals surface area contributed by atoms with E-state index in [4.69, 9.17) is 4.74 Å². The minimum absolute atomic E-state index is 0.298. The van der Waals surface area contributed by atoms with Crippen molar-refractivity contribution in [1.82, 2.24) is 0 Å². The molecule has 0 fully saturated rings. The second-order valence-electron chi connectivity index (χ2n) is 7.44. The molecule has 0 unspecified atom stereocenters. The average molecular weight is 312 g/mol. The minimum atomic E-state index is -0.298. The number of hydrogen-bond acceptors (Lipinski definition) is 2. The predicted molar refractivity (Wildman–Crippen MR) is 96.0 cm³/mol. The summed E-state index contributed by atoms with van der Waals surface area (Å²) in [7, 11) is 0. The van der Waals surface area contributed by atoms with Gasteiger partial charge >= 0.3 is 0 Å². The van der Waals surface area contributed by atoms with Gasteiger partial charge in [0.15, 0.2) is 0 Å². The van der Waals surface area contributed by atoms with Crippen LogP contribution in [-0.2, 0) is 6.42 Å². The van der Waals surface area contributed by atoms with Gasteiger partial charge in [-0.3, -0.25) is 0 Å². The highest BCUT2D eigenvalue weighted by molar-refractivity contribution is 5.87. The third kappa shape index (κ3) is 3.04. The normalized spacial score (nSPS) is 18.9. The summed E-state index contributed by atoms with van der Waals surface area (Å²) in [6.45, 7) is 8.66. The Bertz CT molecular complexity index is 677. The van der Waals surface area contributed by atoms with E-state index in [2.05, 4.69) is 39.8 Å². The van der Waals surface area contributed by atoms with Crippen LogP contribution in [0, 0.1) is 0 Å². The van der Waals surface area contributed by atoms with E-state index in [0.717, 1.165) is 37.0 Å². The Labute approximate surface area is 139 Å². The lowest BCUT2D eigenvalue weighted by Gasteiger charge is -2.39. The second-order valence-corrected chi connectivity index (χ2v) is 7.44. The van der Waals surface area contributed by atoms with Crippen molar-refractivity contribution < 1.29 is 9.84 Å². The number of phenols is 1. The number of fused-ring (bicyclic) bond motifs is 2. The third-order valence-corrected chi connectivity index (χ3v) is 5.06. The summed E-state index contributed by atoms with van der Waals surface area (Å²) < 4.78 is 6.30. The molecule has 0 spiro atoms. The molecule has 0 radical (unpaired) electrons. The van der Waals surface area contributed by atoms with Crippen LogP contribution in [0.15, 0.2) is 29.4 Å². The highest BCUT2D eigenvalue weighted by Crippen LogP contribution is 2.49. The van der Waals surface area contributed by atoms with Gasteiger partial charge in [-0.05, 0) is 75.3 Å². The molecular weight excluding hydrogens is 284 g/mol.